The van der Waals surface area contributed by atoms with Crippen molar-refractivity contribution < 1.29 is 9.90 Å². The number of carbonyl (C=O) groups is 1. The maximum absolute atomic E-state index is 10.8. The number of thioether (sulfide) groups is 1. The van der Waals surface area contributed by atoms with Crippen molar-refractivity contribution in [2.24, 2.45) is 0 Å². The smallest absolute Gasteiger partial charge is 0.325 e. The van der Waals surface area contributed by atoms with Crippen LogP contribution in [0.4, 0.5) is 5.82 Å². The molecule has 2 aromatic rings. The molecular formula is C9H10N4O2S2. The number of carboxylic acids is 1. The van der Waals surface area contributed by atoms with Gasteiger partial charge in [0.2, 0.25) is 0 Å². The van der Waals surface area contributed by atoms with Gasteiger partial charge in [0.15, 0.2) is 9.99 Å². The highest BCUT2D eigenvalue weighted by atomic mass is 32.2. The van der Waals surface area contributed by atoms with E-state index >= 15 is 0 Å². The lowest BCUT2D eigenvalue weighted by Crippen LogP contribution is -2.25. The summed E-state index contributed by atoms with van der Waals surface area (Å²) in [5, 5.41) is 11.7. The Morgan fingerprint density at radius 3 is 3.00 bits per heavy atom. The largest absolute Gasteiger partial charge is 0.480 e. The molecule has 2 aromatic heterocycles. The molecule has 0 spiro atoms. The van der Waals surface area contributed by atoms with E-state index < -0.39 is 12.0 Å². The van der Waals surface area contributed by atoms with Gasteiger partial charge in [-0.25, -0.2) is 15.0 Å². The van der Waals surface area contributed by atoms with Crippen LogP contribution in [0.25, 0.3) is 10.3 Å². The highest BCUT2D eigenvalue weighted by Crippen LogP contribution is 2.30. The van der Waals surface area contributed by atoms with Gasteiger partial charge in [0.1, 0.15) is 22.9 Å². The molecule has 0 aliphatic heterocycles. The third kappa shape index (κ3) is 2.47. The number of fused-ring (bicyclic) bond motifs is 1. The summed E-state index contributed by atoms with van der Waals surface area (Å²) in [5.41, 5.74) is 0.592. The molecule has 0 bridgehead atoms. The zero-order valence-electron chi connectivity index (χ0n) is 9.17. The van der Waals surface area contributed by atoms with Gasteiger partial charge in [0, 0.05) is 0 Å². The first-order valence-electron chi connectivity index (χ1n) is 4.76. The van der Waals surface area contributed by atoms with Gasteiger partial charge in [-0.2, -0.15) is 0 Å². The van der Waals surface area contributed by atoms with Crippen LogP contribution in [-0.4, -0.2) is 38.3 Å². The fourth-order valence-electron chi connectivity index (χ4n) is 1.19. The summed E-state index contributed by atoms with van der Waals surface area (Å²) in [6.07, 6.45) is 3.31. The van der Waals surface area contributed by atoms with Crippen molar-refractivity contribution in [3.05, 3.63) is 6.33 Å². The molecule has 0 aliphatic rings. The average molecular weight is 270 g/mol. The molecular weight excluding hydrogens is 260 g/mol. The van der Waals surface area contributed by atoms with E-state index in [1.54, 1.807) is 6.92 Å². The molecule has 0 aromatic carbocycles. The Hall–Kier alpha value is -1.41. The maximum Gasteiger partial charge on any atom is 0.325 e. The van der Waals surface area contributed by atoms with Crippen LogP contribution in [0.5, 0.6) is 0 Å². The Morgan fingerprint density at radius 1 is 1.59 bits per heavy atom. The van der Waals surface area contributed by atoms with Gasteiger partial charge in [-0.3, -0.25) is 4.79 Å². The summed E-state index contributed by atoms with van der Waals surface area (Å²) in [6, 6.07) is -0.701. The molecule has 1 atom stereocenters. The van der Waals surface area contributed by atoms with E-state index in [0.29, 0.717) is 11.5 Å². The van der Waals surface area contributed by atoms with E-state index in [1.165, 1.54) is 29.4 Å². The summed E-state index contributed by atoms with van der Waals surface area (Å²) in [4.78, 5) is 23.2. The lowest BCUT2D eigenvalue weighted by Gasteiger charge is -2.09. The molecule has 0 fully saturated rings. The molecule has 2 N–H and O–H groups in total. The first-order valence-corrected chi connectivity index (χ1v) is 6.81. The first-order chi connectivity index (χ1) is 8.11. The molecule has 0 unspecified atom stereocenters. The second kappa shape index (κ2) is 4.84. The standard InChI is InChI=1S/C9H10N4O2S2/c1-4(8(14)15)12-6-5-7(11-3-10-6)13-9(16-2)17-5/h3-4H,1-2H3,(H,14,15)(H,10,11,12)/t4-/m0/s1. The van der Waals surface area contributed by atoms with Crippen LogP contribution >= 0.6 is 23.1 Å². The summed E-state index contributed by atoms with van der Waals surface area (Å²) in [6.45, 7) is 1.56. The van der Waals surface area contributed by atoms with Crippen molar-refractivity contribution in [3.63, 3.8) is 0 Å². The number of hydrogen-bond donors (Lipinski definition) is 2. The zero-order chi connectivity index (χ0) is 12.4. The number of anilines is 1. The van der Waals surface area contributed by atoms with E-state index in [9.17, 15) is 4.79 Å². The van der Waals surface area contributed by atoms with E-state index in [0.717, 1.165) is 9.04 Å². The van der Waals surface area contributed by atoms with Gasteiger partial charge >= 0.3 is 5.97 Å². The Balaban J connectivity index is 2.39. The minimum atomic E-state index is -0.925. The van der Waals surface area contributed by atoms with Crippen molar-refractivity contribution in [1.29, 1.82) is 0 Å². The number of rotatable bonds is 4. The van der Waals surface area contributed by atoms with Crippen LogP contribution in [0.3, 0.4) is 0 Å². The average Bonchev–Trinajstić information content (AvgIpc) is 2.72. The first kappa shape index (κ1) is 12.1. The van der Waals surface area contributed by atoms with Crippen LogP contribution in [0.2, 0.25) is 0 Å². The molecule has 0 aliphatic carbocycles. The van der Waals surface area contributed by atoms with Crippen LogP contribution in [-0.2, 0) is 4.79 Å². The van der Waals surface area contributed by atoms with Crippen molar-refractivity contribution >= 4 is 45.2 Å². The molecule has 17 heavy (non-hydrogen) atoms. The second-order valence-corrected chi connectivity index (χ2v) is 5.32. The van der Waals surface area contributed by atoms with Gasteiger partial charge in [0.25, 0.3) is 0 Å². The lowest BCUT2D eigenvalue weighted by molar-refractivity contribution is -0.137. The molecule has 6 nitrogen and oxygen atoms in total. The number of aromatic nitrogens is 3. The summed E-state index contributed by atoms with van der Waals surface area (Å²) in [5.74, 6) is -0.408. The molecule has 2 rings (SSSR count). The summed E-state index contributed by atoms with van der Waals surface area (Å²) in [7, 11) is 0. The molecule has 0 amide bonds. The number of nitrogens with one attached hydrogen (secondary N) is 1. The topological polar surface area (TPSA) is 88.0 Å². The van der Waals surface area contributed by atoms with Gasteiger partial charge in [-0.15, -0.1) is 11.3 Å². The SMILES string of the molecule is CSc1nc2ncnc(N[C@@H](C)C(=O)O)c2s1. The fraction of sp³-hybridized carbons (Fsp3) is 0.333. The molecule has 8 heteroatoms. The predicted octanol–water partition coefficient (Wildman–Crippen LogP) is 1.69. The van der Waals surface area contributed by atoms with Crippen LogP contribution in [0, 0.1) is 0 Å². The summed E-state index contributed by atoms with van der Waals surface area (Å²) >= 11 is 2.97. The second-order valence-electron chi connectivity index (χ2n) is 3.26. The van der Waals surface area contributed by atoms with Crippen LogP contribution in [0.15, 0.2) is 10.7 Å². The van der Waals surface area contributed by atoms with Crippen LogP contribution in [0.1, 0.15) is 6.92 Å². The Kier molecular flexibility index (Phi) is 3.43. The number of aliphatic carboxylic acids is 1. The Bertz CT molecular complexity index is 557. The van der Waals surface area contributed by atoms with E-state index in [2.05, 4.69) is 20.3 Å². The number of thiazole rings is 1. The maximum atomic E-state index is 10.8. The molecule has 0 saturated carbocycles. The molecule has 0 saturated heterocycles. The van der Waals surface area contributed by atoms with E-state index in [1.807, 2.05) is 6.26 Å². The normalized spacial score (nSPS) is 12.6. The van der Waals surface area contributed by atoms with Gasteiger partial charge in [-0.05, 0) is 13.2 Å². The monoisotopic (exact) mass is 270 g/mol. The van der Waals surface area contributed by atoms with Crippen molar-refractivity contribution in [2.45, 2.75) is 17.3 Å². The van der Waals surface area contributed by atoms with Crippen molar-refractivity contribution in [1.82, 2.24) is 15.0 Å². The Morgan fingerprint density at radius 2 is 2.35 bits per heavy atom. The molecule has 0 radical (unpaired) electrons. The summed E-state index contributed by atoms with van der Waals surface area (Å²) < 4.78 is 1.66. The highest BCUT2D eigenvalue weighted by Gasteiger charge is 2.15. The van der Waals surface area contributed by atoms with Gasteiger partial charge < -0.3 is 10.4 Å². The van der Waals surface area contributed by atoms with Crippen molar-refractivity contribution in [2.75, 3.05) is 11.6 Å². The third-order valence-corrected chi connectivity index (χ3v) is 4.11. The molecule has 2 heterocycles. The molecule has 90 valence electrons. The van der Waals surface area contributed by atoms with E-state index in [-0.39, 0.29) is 0 Å². The van der Waals surface area contributed by atoms with Crippen LogP contribution < -0.4 is 5.32 Å². The minimum Gasteiger partial charge on any atom is -0.480 e. The van der Waals surface area contributed by atoms with E-state index in [4.69, 9.17) is 5.11 Å². The lowest BCUT2D eigenvalue weighted by atomic mass is 10.3. The number of carboxylic acid groups (broad SMARTS) is 1. The fourth-order valence-corrected chi connectivity index (χ4v) is 2.66. The minimum absolute atomic E-state index is 0.516. The van der Waals surface area contributed by atoms with Gasteiger partial charge in [0.05, 0.1) is 0 Å². The van der Waals surface area contributed by atoms with Gasteiger partial charge in [-0.1, -0.05) is 11.8 Å². The highest BCUT2D eigenvalue weighted by molar-refractivity contribution is 8.00. The predicted molar refractivity (Wildman–Crippen MR) is 67.7 cm³/mol. The third-order valence-electron chi connectivity index (χ3n) is 2.07. The quantitative estimate of drug-likeness (QED) is 0.817. The zero-order valence-corrected chi connectivity index (χ0v) is 10.8. The Labute approximate surface area is 106 Å². The number of nitrogens with zero attached hydrogens (tertiary/aromatic N) is 3. The number of hydrogen-bond acceptors (Lipinski definition) is 7. The van der Waals surface area contributed by atoms with Crippen molar-refractivity contribution in [3.8, 4) is 0 Å².